The molecule has 0 aliphatic rings. The van der Waals surface area contributed by atoms with Gasteiger partial charge in [-0.15, -0.1) is 0 Å². The highest BCUT2D eigenvalue weighted by Gasteiger charge is 2.15. The monoisotopic (exact) mass is 385 g/mol. The van der Waals surface area contributed by atoms with Gasteiger partial charge in [0.05, 0.1) is 17.8 Å². The molecule has 0 atom stereocenters. The molecule has 146 valence electrons. The van der Waals surface area contributed by atoms with E-state index in [2.05, 4.69) is 5.10 Å². The van der Waals surface area contributed by atoms with Crippen LogP contribution >= 0.6 is 0 Å². The molecule has 1 heterocycles. The summed E-state index contributed by atoms with van der Waals surface area (Å²) in [4.78, 5) is 11.7. The molecule has 1 amide bonds. The second-order valence-electron chi connectivity index (χ2n) is 6.71. The van der Waals surface area contributed by atoms with Crippen molar-refractivity contribution in [3.05, 3.63) is 82.2 Å². The summed E-state index contributed by atoms with van der Waals surface area (Å²) < 4.78 is 28.8. The van der Waals surface area contributed by atoms with Gasteiger partial charge in [-0.25, -0.2) is 18.9 Å². The van der Waals surface area contributed by atoms with Crippen molar-refractivity contribution in [3.63, 3.8) is 0 Å². The maximum atomic E-state index is 13.8. The van der Waals surface area contributed by atoms with E-state index in [-0.39, 0.29) is 18.1 Å². The molecule has 0 unspecified atom stereocenters. The van der Waals surface area contributed by atoms with Crippen LogP contribution in [0.3, 0.4) is 0 Å². The number of rotatable bonds is 6. The zero-order valence-corrected chi connectivity index (χ0v) is 15.7. The lowest BCUT2D eigenvalue weighted by Gasteiger charge is -2.07. The van der Waals surface area contributed by atoms with Gasteiger partial charge in [0.25, 0.3) is 0 Å². The molecule has 0 saturated heterocycles. The molecule has 0 radical (unpaired) electrons. The Morgan fingerprint density at radius 3 is 2.64 bits per heavy atom. The lowest BCUT2D eigenvalue weighted by atomic mass is 10.0. The number of amides is 1. The SMILES string of the molecule is Cc1cc(F)ccc1-n1cc(CC(=O)NO)c(CCc2cccc(F)c2C)n1. The first-order valence-corrected chi connectivity index (χ1v) is 8.90. The second-order valence-corrected chi connectivity index (χ2v) is 6.71. The first kappa shape index (κ1) is 19.7. The number of aromatic nitrogens is 2. The van der Waals surface area contributed by atoms with E-state index in [0.717, 1.165) is 5.56 Å². The van der Waals surface area contributed by atoms with Gasteiger partial charge >= 0.3 is 0 Å². The number of carbonyl (C=O) groups excluding carboxylic acids is 1. The zero-order valence-electron chi connectivity index (χ0n) is 15.7. The number of nitrogens with zero attached hydrogens (tertiary/aromatic N) is 2. The van der Waals surface area contributed by atoms with Crippen LogP contribution in [-0.2, 0) is 24.1 Å². The quantitative estimate of drug-likeness (QED) is 0.503. The number of hydroxylamine groups is 1. The highest BCUT2D eigenvalue weighted by atomic mass is 19.1. The first-order valence-electron chi connectivity index (χ1n) is 8.90. The van der Waals surface area contributed by atoms with Crippen LogP contribution in [0.1, 0.15) is 27.9 Å². The van der Waals surface area contributed by atoms with Crippen molar-refractivity contribution < 1.29 is 18.8 Å². The van der Waals surface area contributed by atoms with Crippen molar-refractivity contribution in [2.45, 2.75) is 33.1 Å². The van der Waals surface area contributed by atoms with Crippen LogP contribution in [-0.4, -0.2) is 20.9 Å². The van der Waals surface area contributed by atoms with Crippen LogP contribution < -0.4 is 5.48 Å². The minimum Gasteiger partial charge on any atom is -0.289 e. The Morgan fingerprint density at radius 1 is 1.14 bits per heavy atom. The average Bonchev–Trinajstić information content (AvgIpc) is 3.05. The number of carbonyl (C=O) groups is 1. The fourth-order valence-corrected chi connectivity index (χ4v) is 3.19. The zero-order chi connectivity index (χ0) is 20.3. The van der Waals surface area contributed by atoms with Crippen LogP contribution in [0.15, 0.2) is 42.6 Å². The van der Waals surface area contributed by atoms with E-state index in [4.69, 9.17) is 5.21 Å². The van der Waals surface area contributed by atoms with Crippen LogP contribution in [0.5, 0.6) is 0 Å². The molecule has 0 fully saturated rings. The Kier molecular flexibility index (Phi) is 5.84. The van der Waals surface area contributed by atoms with Gasteiger partial charge < -0.3 is 0 Å². The van der Waals surface area contributed by atoms with Gasteiger partial charge in [0.2, 0.25) is 5.91 Å². The molecule has 0 saturated carbocycles. The summed E-state index contributed by atoms with van der Waals surface area (Å²) in [5, 5.41) is 13.4. The molecule has 28 heavy (non-hydrogen) atoms. The summed E-state index contributed by atoms with van der Waals surface area (Å²) in [6.07, 6.45) is 2.69. The number of hydrogen-bond donors (Lipinski definition) is 2. The van der Waals surface area contributed by atoms with E-state index in [9.17, 15) is 13.6 Å². The molecule has 3 aromatic rings. The van der Waals surface area contributed by atoms with Gasteiger partial charge in [-0.1, -0.05) is 12.1 Å². The van der Waals surface area contributed by atoms with Gasteiger partial charge in [0.1, 0.15) is 11.6 Å². The summed E-state index contributed by atoms with van der Waals surface area (Å²) in [7, 11) is 0. The predicted octanol–water partition coefficient (Wildman–Crippen LogP) is 3.60. The molecule has 2 N–H and O–H groups in total. The lowest BCUT2D eigenvalue weighted by Crippen LogP contribution is -2.21. The maximum Gasteiger partial charge on any atom is 0.247 e. The van der Waals surface area contributed by atoms with E-state index in [0.29, 0.717) is 40.9 Å². The average molecular weight is 385 g/mol. The Labute approximate surface area is 161 Å². The molecule has 2 aromatic carbocycles. The van der Waals surface area contributed by atoms with Gasteiger partial charge in [-0.3, -0.25) is 10.0 Å². The molecular formula is C21H21F2N3O2. The summed E-state index contributed by atoms with van der Waals surface area (Å²) >= 11 is 0. The number of benzene rings is 2. The highest BCUT2D eigenvalue weighted by molar-refractivity contribution is 5.77. The summed E-state index contributed by atoms with van der Waals surface area (Å²) in [6.45, 7) is 3.50. The summed E-state index contributed by atoms with van der Waals surface area (Å²) in [6, 6.07) is 9.32. The largest absolute Gasteiger partial charge is 0.289 e. The van der Waals surface area contributed by atoms with Crippen molar-refractivity contribution in [1.82, 2.24) is 15.3 Å². The Morgan fingerprint density at radius 2 is 1.93 bits per heavy atom. The Bertz CT molecular complexity index is 1010. The van der Waals surface area contributed by atoms with E-state index >= 15 is 0 Å². The fourth-order valence-electron chi connectivity index (χ4n) is 3.19. The maximum absolute atomic E-state index is 13.8. The molecule has 0 bridgehead atoms. The molecule has 0 aliphatic heterocycles. The van der Waals surface area contributed by atoms with Crippen LogP contribution in [0.4, 0.5) is 8.78 Å². The first-order chi connectivity index (χ1) is 13.4. The third-order valence-corrected chi connectivity index (χ3v) is 4.77. The van der Waals surface area contributed by atoms with Crippen LogP contribution in [0.2, 0.25) is 0 Å². The highest BCUT2D eigenvalue weighted by Crippen LogP contribution is 2.20. The standard InChI is InChI=1S/C21H21F2N3O2/c1-13-10-17(22)7-9-20(13)26-12-16(11-21(27)25-28)19(24-26)8-6-15-4-3-5-18(23)14(15)2/h3-5,7,9-10,12,28H,6,8,11H2,1-2H3,(H,25,27). The smallest absolute Gasteiger partial charge is 0.247 e. The number of halogens is 2. The molecule has 0 aliphatic carbocycles. The topological polar surface area (TPSA) is 67.2 Å². The normalized spacial score (nSPS) is 10.9. The van der Waals surface area contributed by atoms with E-state index in [1.807, 2.05) is 6.07 Å². The van der Waals surface area contributed by atoms with Gasteiger partial charge in [0, 0.05) is 11.8 Å². The lowest BCUT2D eigenvalue weighted by molar-refractivity contribution is -0.128. The molecule has 5 nitrogen and oxygen atoms in total. The van der Waals surface area contributed by atoms with Gasteiger partial charge in [-0.05, 0) is 67.6 Å². The third kappa shape index (κ3) is 4.26. The summed E-state index contributed by atoms with van der Waals surface area (Å²) in [5.74, 6) is -1.15. The Hall–Kier alpha value is -3.06. The molecular weight excluding hydrogens is 364 g/mol. The Balaban J connectivity index is 1.92. The van der Waals surface area contributed by atoms with Gasteiger partial charge in [-0.2, -0.15) is 5.10 Å². The van der Waals surface area contributed by atoms with Gasteiger partial charge in [0.15, 0.2) is 0 Å². The molecule has 3 rings (SSSR count). The number of aryl methyl sites for hydroxylation is 3. The molecule has 7 heteroatoms. The molecule has 1 aromatic heterocycles. The van der Waals surface area contributed by atoms with Crippen LogP contribution in [0, 0.1) is 25.5 Å². The van der Waals surface area contributed by atoms with Crippen LogP contribution in [0.25, 0.3) is 5.69 Å². The third-order valence-electron chi connectivity index (χ3n) is 4.77. The minimum atomic E-state index is -0.557. The molecule has 0 spiro atoms. The summed E-state index contributed by atoms with van der Waals surface area (Å²) in [5.41, 5.74) is 5.78. The van der Waals surface area contributed by atoms with Crippen molar-refractivity contribution in [2.24, 2.45) is 0 Å². The number of nitrogens with one attached hydrogen (secondary N) is 1. The predicted molar refractivity (Wildman–Crippen MR) is 100 cm³/mol. The van der Waals surface area contributed by atoms with E-state index in [1.165, 1.54) is 18.2 Å². The van der Waals surface area contributed by atoms with Crippen molar-refractivity contribution in [3.8, 4) is 5.69 Å². The van der Waals surface area contributed by atoms with E-state index in [1.54, 1.807) is 42.3 Å². The van der Waals surface area contributed by atoms with Crippen molar-refractivity contribution >= 4 is 5.91 Å². The van der Waals surface area contributed by atoms with Crippen molar-refractivity contribution in [2.75, 3.05) is 0 Å². The minimum absolute atomic E-state index is 0.0474. The fraction of sp³-hybridized carbons (Fsp3) is 0.238. The van der Waals surface area contributed by atoms with Crippen molar-refractivity contribution in [1.29, 1.82) is 0 Å². The number of hydrogen-bond acceptors (Lipinski definition) is 3. The second kappa shape index (κ2) is 8.31. The van der Waals surface area contributed by atoms with E-state index < -0.39 is 5.91 Å².